The maximum Gasteiger partial charge on any atom is 0.335 e. The number of piperidine rings is 1. The van der Waals surface area contributed by atoms with Gasteiger partial charge in [-0.05, 0) is 25.0 Å². The standard InChI is InChI=1S/C12H14F2N2O2/c13-9-4-7(12(17)18)5-10(14)11(9)16-3-1-2-8(15)6-16/h4-5,8H,1-3,6,15H2,(H,17,18). The SMILES string of the molecule is NC1CCCN(c2c(F)cc(C(=O)O)cc2F)C1. The van der Waals surface area contributed by atoms with Crippen LogP contribution in [-0.2, 0) is 0 Å². The maximum atomic E-state index is 13.8. The molecule has 1 fully saturated rings. The zero-order valence-corrected chi connectivity index (χ0v) is 9.70. The number of carbonyl (C=O) groups is 1. The fraction of sp³-hybridized carbons (Fsp3) is 0.417. The van der Waals surface area contributed by atoms with Gasteiger partial charge in [-0.25, -0.2) is 13.6 Å². The lowest BCUT2D eigenvalue weighted by molar-refractivity contribution is 0.0695. The van der Waals surface area contributed by atoms with Crippen molar-refractivity contribution in [2.45, 2.75) is 18.9 Å². The molecule has 1 unspecified atom stereocenters. The van der Waals surface area contributed by atoms with Gasteiger partial charge in [0, 0.05) is 19.1 Å². The van der Waals surface area contributed by atoms with E-state index in [9.17, 15) is 13.6 Å². The zero-order valence-electron chi connectivity index (χ0n) is 9.70. The summed E-state index contributed by atoms with van der Waals surface area (Å²) in [6.07, 6.45) is 1.59. The van der Waals surface area contributed by atoms with Crippen LogP contribution in [0.1, 0.15) is 23.2 Å². The Labute approximate surface area is 103 Å². The summed E-state index contributed by atoms with van der Waals surface area (Å²) in [6, 6.07) is 1.55. The Morgan fingerprint density at radius 1 is 1.39 bits per heavy atom. The Morgan fingerprint density at radius 2 is 2.00 bits per heavy atom. The molecule has 6 heteroatoms. The fourth-order valence-electron chi connectivity index (χ4n) is 2.20. The number of rotatable bonds is 2. The van der Waals surface area contributed by atoms with Crippen molar-refractivity contribution in [1.29, 1.82) is 0 Å². The Kier molecular flexibility index (Phi) is 3.47. The highest BCUT2D eigenvalue weighted by Crippen LogP contribution is 2.27. The number of halogens is 2. The van der Waals surface area contributed by atoms with E-state index in [1.807, 2.05) is 0 Å². The van der Waals surface area contributed by atoms with E-state index in [1.54, 1.807) is 0 Å². The number of hydrogen-bond donors (Lipinski definition) is 2. The topological polar surface area (TPSA) is 66.6 Å². The van der Waals surface area contributed by atoms with Crippen LogP contribution in [0.3, 0.4) is 0 Å². The van der Waals surface area contributed by atoms with Gasteiger partial charge in [0.1, 0.15) is 17.3 Å². The van der Waals surface area contributed by atoms with Gasteiger partial charge in [-0.1, -0.05) is 0 Å². The normalized spacial score (nSPS) is 19.9. The molecule has 1 aromatic rings. The molecule has 4 nitrogen and oxygen atoms in total. The molecule has 3 N–H and O–H groups in total. The summed E-state index contributed by atoms with van der Waals surface area (Å²) < 4.78 is 27.6. The van der Waals surface area contributed by atoms with Crippen LogP contribution in [0.2, 0.25) is 0 Å². The Morgan fingerprint density at radius 3 is 2.50 bits per heavy atom. The van der Waals surface area contributed by atoms with Crippen molar-refractivity contribution < 1.29 is 18.7 Å². The third kappa shape index (κ3) is 2.43. The number of carboxylic acid groups (broad SMARTS) is 1. The number of hydrogen-bond acceptors (Lipinski definition) is 3. The number of anilines is 1. The van der Waals surface area contributed by atoms with Gasteiger partial charge >= 0.3 is 5.97 Å². The van der Waals surface area contributed by atoms with E-state index in [4.69, 9.17) is 10.8 Å². The second kappa shape index (κ2) is 4.89. The first kappa shape index (κ1) is 12.8. The second-order valence-corrected chi connectivity index (χ2v) is 4.44. The third-order valence-electron chi connectivity index (χ3n) is 3.04. The summed E-state index contributed by atoms with van der Waals surface area (Å²) in [5.74, 6) is -3.07. The summed E-state index contributed by atoms with van der Waals surface area (Å²) in [5, 5.41) is 8.71. The van der Waals surface area contributed by atoms with E-state index in [1.165, 1.54) is 4.90 Å². The van der Waals surface area contributed by atoms with Gasteiger partial charge in [0.05, 0.1) is 5.56 Å². The first-order chi connectivity index (χ1) is 8.49. The molecule has 0 aromatic heterocycles. The van der Waals surface area contributed by atoms with Gasteiger partial charge in [0.2, 0.25) is 0 Å². The highest BCUT2D eigenvalue weighted by atomic mass is 19.1. The number of nitrogens with zero attached hydrogens (tertiary/aromatic N) is 1. The highest BCUT2D eigenvalue weighted by Gasteiger charge is 2.24. The largest absolute Gasteiger partial charge is 0.478 e. The Balaban J connectivity index is 2.36. The average molecular weight is 256 g/mol. The second-order valence-electron chi connectivity index (χ2n) is 4.44. The molecular weight excluding hydrogens is 242 g/mol. The van der Waals surface area contributed by atoms with Crippen LogP contribution in [0.25, 0.3) is 0 Å². The summed E-state index contributed by atoms with van der Waals surface area (Å²) in [7, 11) is 0. The Bertz CT molecular complexity index is 456. The van der Waals surface area contributed by atoms with E-state index < -0.39 is 23.2 Å². The number of carboxylic acids is 1. The molecule has 0 bridgehead atoms. The molecule has 1 heterocycles. The van der Waals surface area contributed by atoms with Crippen molar-refractivity contribution in [2.75, 3.05) is 18.0 Å². The molecule has 1 atom stereocenters. The fourth-order valence-corrected chi connectivity index (χ4v) is 2.20. The molecule has 98 valence electrons. The molecule has 0 aliphatic carbocycles. The third-order valence-corrected chi connectivity index (χ3v) is 3.04. The van der Waals surface area contributed by atoms with Gasteiger partial charge < -0.3 is 15.7 Å². The smallest absolute Gasteiger partial charge is 0.335 e. The van der Waals surface area contributed by atoms with Gasteiger partial charge in [0.25, 0.3) is 0 Å². The van der Waals surface area contributed by atoms with Crippen LogP contribution in [0.5, 0.6) is 0 Å². The lowest BCUT2D eigenvalue weighted by Crippen LogP contribution is -2.43. The van der Waals surface area contributed by atoms with Crippen LogP contribution in [-0.4, -0.2) is 30.2 Å². The molecule has 0 spiro atoms. The highest BCUT2D eigenvalue weighted by molar-refractivity contribution is 5.88. The summed E-state index contributed by atoms with van der Waals surface area (Å²) in [5.41, 5.74) is 5.18. The molecule has 0 saturated carbocycles. The summed E-state index contributed by atoms with van der Waals surface area (Å²) in [4.78, 5) is 12.2. The first-order valence-electron chi connectivity index (χ1n) is 5.72. The van der Waals surface area contributed by atoms with E-state index in [0.29, 0.717) is 13.1 Å². The lowest BCUT2D eigenvalue weighted by Gasteiger charge is -2.33. The van der Waals surface area contributed by atoms with Gasteiger partial charge in [-0.15, -0.1) is 0 Å². The van der Waals surface area contributed by atoms with Crippen molar-refractivity contribution in [1.82, 2.24) is 0 Å². The van der Waals surface area contributed by atoms with Crippen molar-refractivity contribution in [3.63, 3.8) is 0 Å². The molecule has 18 heavy (non-hydrogen) atoms. The van der Waals surface area contributed by atoms with Crippen LogP contribution in [0.4, 0.5) is 14.5 Å². The molecule has 1 aliphatic heterocycles. The van der Waals surface area contributed by atoms with Gasteiger partial charge in [0.15, 0.2) is 0 Å². The number of aromatic carboxylic acids is 1. The van der Waals surface area contributed by atoms with Crippen molar-refractivity contribution >= 4 is 11.7 Å². The van der Waals surface area contributed by atoms with Crippen LogP contribution in [0.15, 0.2) is 12.1 Å². The predicted octanol–water partition coefficient (Wildman–Crippen LogP) is 1.59. The molecular formula is C12H14F2N2O2. The minimum atomic E-state index is -1.35. The molecule has 2 rings (SSSR count). The lowest BCUT2D eigenvalue weighted by atomic mass is 10.0. The Hall–Kier alpha value is -1.69. The van der Waals surface area contributed by atoms with Crippen molar-refractivity contribution in [2.24, 2.45) is 5.73 Å². The van der Waals surface area contributed by atoms with Crippen LogP contribution < -0.4 is 10.6 Å². The van der Waals surface area contributed by atoms with E-state index in [-0.39, 0.29) is 11.7 Å². The zero-order chi connectivity index (χ0) is 13.3. The average Bonchev–Trinajstić information content (AvgIpc) is 2.27. The summed E-state index contributed by atoms with van der Waals surface area (Å²) >= 11 is 0. The minimum Gasteiger partial charge on any atom is -0.478 e. The van der Waals surface area contributed by atoms with Crippen LogP contribution in [0, 0.1) is 11.6 Å². The van der Waals surface area contributed by atoms with Crippen molar-refractivity contribution in [3.8, 4) is 0 Å². The molecule has 0 radical (unpaired) electrons. The molecule has 1 aliphatic rings. The minimum absolute atomic E-state index is 0.114. The molecule has 1 aromatic carbocycles. The van der Waals surface area contributed by atoms with E-state index in [0.717, 1.165) is 25.0 Å². The van der Waals surface area contributed by atoms with Gasteiger partial charge in [-0.3, -0.25) is 0 Å². The van der Waals surface area contributed by atoms with E-state index in [2.05, 4.69) is 0 Å². The van der Waals surface area contributed by atoms with E-state index >= 15 is 0 Å². The first-order valence-corrected chi connectivity index (χ1v) is 5.72. The van der Waals surface area contributed by atoms with Gasteiger partial charge in [-0.2, -0.15) is 0 Å². The van der Waals surface area contributed by atoms with Crippen LogP contribution >= 0.6 is 0 Å². The predicted molar refractivity (Wildman–Crippen MR) is 62.7 cm³/mol. The summed E-state index contributed by atoms with van der Waals surface area (Å²) in [6.45, 7) is 0.897. The number of nitrogens with two attached hydrogens (primary N) is 1. The number of benzene rings is 1. The molecule has 1 saturated heterocycles. The molecule has 0 amide bonds. The monoisotopic (exact) mass is 256 g/mol. The van der Waals surface area contributed by atoms with Crippen molar-refractivity contribution in [3.05, 3.63) is 29.3 Å². The maximum absolute atomic E-state index is 13.8. The quantitative estimate of drug-likeness (QED) is 0.843.